The average Bonchev–Trinajstić information content (AvgIpc) is 2.68. The van der Waals surface area contributed by atoms with Gasteiger partial charge in [0.15, 0.2) is 0 Å². The highest BCUT2D eigenvalue weighted by Gasteiger charge is 2.15. The maximum atomic E-state index is 12.5. The second-order valence-electron chi connectivity index (χ2n) is 5.55. The van der Waals surface area contributed by atoms with E-state index in [0.29, 0.717) is 11.3 Å². The molecule has 0 fully saturated rings. The van der Waals surface area contributed by atoms with E-state index in [4.69, 9.17) is 9.84 Å². The van der Waals surface area contributed by atoms with Crippen LogP contribution in [0, 0.1) is 0 Å². The summed E-state index contributed by atoms with van der Waals surface area (Å²) in [6.45, 7) is -0.0430. The highest BCUT2D eigenvalue weighted by Crippen LogP contribution is 2.12. The van der Waals surface area contributed by atoms with Crippen molar-refractivity contribution in [2.45, 2.75) is 6.42 Å². The molecule has 0 radical (unpaired) electrons. The lowest BCUT2D eigenvalue weighted by molar-refractivity contribution is -0.136. The molecule has 2 amide bonds. The number of carbonyl (C=O) groups is 3. The van der Waals surface area contributed by atoms with Crippen LogP contribution in [0.2, 0.25) is 0 Å². The van der Waals surface area contributed by atoms with Gasteiger partial charge in [0.25, 0.3) is 11.8 Å². The van der Waals surface area contributed by atoms with Crippen molar-refractivity contribution < 1.29 is 24.2 Å². The first-order valence-corrected chi connectivity index (χ1v) is 8.21. The molecule has 0 aliphatic heterocycles. The zero-order valence-corrected chi connectivity index (χ0v) is 14.8. The van der Waals surface area contributed by atoms with Gasteiger partial charge in [-0.1, -0.05) is 30.3 Å². The Kier molecular flexibility index (Phi) is 7.13. The summed E-state index contributed by atoms with van der Waals surface area (Å²) in [6.07, 6.45) is 1.31. The SMILES string of the molecule is COc1ccc(C(=O)N/C(=C/c2ccccc2)C(=O)NCCC(=O)O)cc1. The minimum atomic E-state index is -1.02. The number of rotatable bonds is 8. The van der Waals surface area contributed by atoms with Gasteiger partial charge in [0.1, 0.15) is 11.4 Å². The van der Waals surface area contributed by atoms with E-state index in [1.165, 1.54) is 13.2 Å². The van der Waals surface area contributed by atoms with Gasteiger partial charge in [0.05, 0.1) is 13.5 Å². The highest BCUT2D eigenvalue weighted by molar-refractivity contribution is 6.05. The van der Waals surface area contributed by atoms with Crippen molar-refractivity contribution in [3.63, 3.8) is 0 Å². The van der Waals surface area contributed by atoms with Crippen molar-refractivity contribution in [3.8, 4) is 5.75 Å². The zero-order valence-electron chi connectivity index (χ0n) is 14.8. The number of carboxylic acids is 1. The number of hydrogen-bond donors (Lipinski definition) is 3. The summed E-state index contributed by atoms with van der Waals surface area (Å²) in [5, 5.41) is 13.8. The van der Waals surface area contributed by atoms with Crippen LogP contribution in [0.1, 0.15) is 22.3 Å². The van der Waals surface area contributed by atoms with Crippen LogP contribution in [0.15, 0.2) is 60.3 Å². The first kappa shape index (κ1) is 19.7. The number of benzene rings is 2. The van der Waals surface area contributed by atoms with Crippen LogP contribution in [0.3, 0.4) is 0 Å². The minimum absolute atomic E-state index is 0.0207. The maximum Gasteiger partial charge on any atom is 0.305 e. The molecule has 0 atom stereocenters. The molecule has 0 bridgehead atoms. The summed E-state index contributed by atoms with van der Waals surface area (Å²) >= 11 is 0. The highest BCUT2D eigenvalue weighted by atomic mass is 16.5. The summed E-state index contributed by atoms with van der Waals surface area (Å²) in [6, 6.07) is 15.4. The molecule has 2 aromatic rings. The summed E-state index contributed by atoms with van der Waals surface area (Å²) in [7, 11) is 1.53. The van der Waals surface area contributed by atoms with Gasteiger partial charge >= 0.3 is 5.97 Å². The molecule has 0 aliphatic carbocycles. The van der Waals surface area contributed by atoms with Crippen molar-refractivity contribution in [3.05, 3.63) is 71.4 Å². The van der Waals surface area contributed by atoms with Crippen molar-refractivity contribution in [1.29, 1.82) is 0 Å². The molecule has 0 spiro atoms. The fourth-order valence-electron chi connectivity index (χ4n) is 2.19. The Bertz CT molecular complexity index is 829. The molecule has 3 N–H and O–H groups in total. The normalized spacial score (nSPS) is 10.8. The molecule has 0 heterocycles. The van der Waals surface area contributed by atoms with E-state index in [1.807, 2.05) is 6.07 Å². The van der Waals surface area contributed by atoms with Gasteiger partial charge in [-0.2, -0.15) is 0 Å². The van der Waals surface area contributed by atoms with Crippen LogP contribution in [-0.4, -0.2) is 36.5 Å². The Morgan fingerprint density at radius 3 is 2.30 bits per heavy atom. The molecular weight excluding hydrogens is 348 g/mol. The standard InChI is InChI=1S/C20H20N2O5/c1-27-16-9-7-15(8-10-16)19(25)22-17(13-14-5-3-2-4-6-14)20(26)21-12-11-18(23)24/h2-10,13H,11-12H2,1H3,(H,21,26)(H,22,25)(H,23,24)/b17-13+. The number of hydrogen-bond acceptors (Lipinski definition) is 4. The lowest BCUT2D eigenvalue weighted by atomic mass is 10.1. The van der Waals surface area contributed by atoms with Crippen molar-refractivity contribution in [2.24, 2.45) is 0 Å². The van der Waals surface area contributed by atoms with Crippen LogP contribution < -0.4 is 15.4 Å². The van der Waals surface area contributed by atoms with E-state index < -0.39 is 17.8 Å². The van der Waals surface area contributed by atoms with Crippen molar-refractivity contribution >= 4 is 23.9 Å². The van der Waals surface area contributed by atoms with E-state index in [2.05, 4.69) is 10.6 Å². The Labute approximate surface area is 156 Å². The quantitative estimate of drug-likeness (QED) is 0.619. The van der Waals surface area contributed by atoms with Gasteiger partial charge in [0.2, 0.25) is 0 Å². The number of amides is 2. The summed E-state index contributed by atoms with van der Waals surface area (Å²) in [5.41, 5.74) is 1.09. The van der Waals surface area contributed by atoms with Crippen LogP contribution in [0.4, 0.5) is 0 Å². The minimum Gasteiger partial charge on any atom is -0.497 e. The number of carbonyl (C=O) groups excluding carboxylic acids is 2. The first-order valence-electron chi connectivity index (χ1n) is 8.21. The number of carboxylic acid groups (broad SMARTS) is 1. The predicted molar refractivity (Wildman–Crippen MR) is 100 cm³/mol. The predicted octanol–water partition coefficient (Wildman–Crippen LogP) is 2.06. The smallest absolute Gasteiger partial charge is 0.305 e. The second-order valence-corrected chi connectivity index (χ2v) is 5.55. The second kappa shape index (κ2) is 9.76. The number of ether oxygens (including phenoxy) is 1. The molecule has 0 unspecified atom stereocenters. The molecule has 0 saturated carbocycles. The van der Waals surface area contributed by atoms with Crippen LogP contribution in [-0.2, 0) is 9.59 Å². The molecule has 2 aromatic carbocycles. The molecule has 27 heavy (non-hydrogen) atoms. The maximum absolute atomic E-state index is 12.5. The third kappa shape index (κ3) is 6.32. The largest absolute Gasteiger partial charge is 0.497 e. The molecule has 0 aromatic heterocycles. The molecule has 140 valence electrons. The summed E-state index contributed by atoms with van der Waals surface area (Å²) in [5.74, 6) is -1.45. The van der Waals surface area contributed by atoms with E-state index in [-0.39, 0.29) is 18.7 Å². The molecule has 7 nitrogen and oxygen atoms in total. The molecule has 2 rings (SSSR count). The van der Waals surface area contributed by atoms with Gasteiger partial charge in [-0.25, -0.2) is 0 Å². The van der Waals surface area contributed by atoms with E-state index in [1.54, 1.807) is 48.5 Å². The topological polar surface area (TPSA) is 105 Å². The van der Waals surface area contributed by atoms with E-state index in [0.717, 1.165) is 5.56 Å². The van der Waals surface area contributed by atoms with Gasteiger partial charge < -0.3 is 20.5 Å². The Morgan fingerprint density at radius 1 is 1.04 bits per heavy atom. The van der Waals surface area contributed by atoms with Gasteiger partial charge in [0, 0.05) is 12.1 Å². The Balaban J connectivity index is 2.17. The summed E-state index contributed by atoms with van der Waals surface area (Å²) < 4.78 is 5.06. The van der Waals surface area contributed by atoms with E-state index >= 15 is 0 Å². The Hall–Kier alpha value is -3.61. The first-order chi connectivity index (χ1) is 13.0. The third-order valence-corrected chi connectivity index (χ3v) is 3.58. The van der Waals surface area contributed by atoms with Crippen LogP contribution in [0.25, 0.3) is 6.08 Å². The zero-order chi connectivity index (χ0) is 19.6. The molecule has 7 heteroatoms. The van der Waals surface area contributed by atoms with Crippen molar-refractivity contribution in [1.82, 2.24) is 10.6 Å². The van der Waals surface area contributed by atoms with Gasteiger partial charge in [-0.05, 0) is 35.9 Å². The third-order valence-electron chi connectivity index (χ3n) is 3.58. The number of aliphatic carboxylic acids is 1. The van der Waals surface area contributed by atoms with Gasteiger partial charge in [-0.3, -0.25) is 14.4 Å². The fourth-order valence-corrected chi connectivity index (χ4v) is 2.19. The lowest BCUT2D eigenvalue weighted by Crippen LogP contribution is -2.35. The molecule has 0 aliphatic rings. The van der Waals surface area contributed by atoms with E-state index in [9.17, 15) is 14.4 Å². The number of methoxy groups -OCH3 is 1. The van der Waals surface area contributed by atoms with Crippen molar-refractivity contribution in [2.75, 3.05) is 13.7 Å². The van der Waals surface area contributed by atoms with Gasteiger partial charge in [-0.15, -0.1) is 0 Å². The van der Waals surface area contributed by atoms with Crippen LogP contribution >= 0.6 is 0 Å². The summed E-state index contributed by atoms with van der Waals surface area (Å²) in [4.78, 5) is 35.5. The fraction of sp³-hybridized carbons (Fsp3) is 0.150. The number of nitrogens with one attached hydrogen (secondary N) is 2. The lowest BCUT2D eigenvalue weighted by Gasteiger charge is -2.11. The average molecular weight is 368 g/mol. The molecular formula is C20H20N2O5. The van der Waals surface area contributed by atoms with Crippen LogP contribution in [0.5, 0.6) is 5.75 Å². The monoisotopic (exact) mass is 368 g/mol. The molecule has 0 saturated heterocycles. The Morgan fingerprint density at radius 2 is 1.70 bits per heavy atom.